The zero-order valence-electron chi connectivity index (χ0n) is 9.66. The van der Waals surface area contributed by atoms with Gasteiger partial charge in [-0.25, -0.2) is 0 Å². The van der Waals surface area contributed by atoms with E-state index < -0.39 is 0 Å². The lowest BCUT2D eigenvalue weighted by atomic mass is 10.1. The van der Waals surface area contributed by atoms with E-state index in [4.69, 9.17) is 16.3 Å². The molecule has 0 aliphatic carbocycles. The molecule has 1 aromatic rings. The van der Waals surface area contributed by atoms with Crippen molar-refractivity contribution in [3.8, 4) is 5.75 Å². The number of ether oxygens (including phenoxy) is 1. The van der Waals surface area contributed by atoms with Gasteiger partial charge in [-0.05, 0) is 12.5 Å². The van der Waals surface area contributed by atoms with Gasteiger partial charge in [-0.3, -0.25) is 0 Å². The highest BCUT2D eigenvalue weighted by Crippen LogP contribution is 2.26. The van der Waals surface area contributed by atoms with Crippen molar-refractivity contribution in [3.63, 3.8) is 0 Å². The van der Waals surface area contributed by atoms with E-state index in [0.29, 0.717) is 24.2 Å². The Hall–Kier alpha value is -0.770. The molecule has 0 radical (unpaired) electrons. The van der Waals surface area contributed by atoms with Crippen LogP contribution in [0.1, 0.15) is 18.9 Å². The topological polar surface area (TPSA) is 41.5 Å². The standard InChI is InChI=1S/C12H18ClNO2/c1-3-10(8-16-2)14-7-9-5-4-6-11(13)12(9)15/h4-6,10,14-15H,3,7-8H2,1-2H3. The van der Waals surface area contributed by atoms with E-state index in [-0.39, 0.29) is 5.75 Å². The molecular weight excluding hydrogens is 226 g/mol. The van der Waals surface area contributed by atoms with Crippen molar-refractivity contribution in [1.82, 2.24) is 5.32 Å². The van der Waals surface area contributed by atoms with E-state index >= 15 is 0 Å². The van der Waals surface area contributed by atoms with E-state index in [0.717, 1.165) is 12.0 Å². The maximum Gasteiger partial charge on any atom is 0.138 e. The van der Waals surface area contributed by atoms with Crippen molar-refractivity contribution in [3.05, 3.63) is 28.8 Å². The highest BCUT2D eigenvalue weighted by Gasteiger charge is 2.08. The molecule has 0 spiro atoms. The van der Waals surface area contributed by atoms with Crippen molar-refractivity contribution >= 4 is 11.6 Å². The smallest absolute Gasteiger partial charge is 0.138 e. The lowest BCUT2D eigenvalue weighted by Crippen LogP contribution is -2.32. The van der Waals surface area contributed by atoms with E-state index in [9.17, 15) is 5.11 Å². The fourth-order valence-electron chi connectivity index (χ4n) is 1.48. The first-order chi connectivity index (χ1) is 7.69. The molecule has 0 saturated heterocycles. The van der Waals surface area contributed by atoms with Gasteiger partial charge >= 0.3 is 0 Å². The second kappa shape index (κ2) is 6.74. The molecule has 4 heteroatoms. The zero-order valence-corrected chi connectivity index (χ0v) is 10.4. The number of nitrogens with one attached hydrogen (secondary N) is 1. The van der Waals surface area contributed by atoms with Crippen molar-refractivity contribution in [2.24, 2.45) is 0 Å². The first kappa shape index (κ1) is 13.3. The molecular formula is C12H18ClNO2. The average molecular weight is 244 g/mol. The number of hydrogen-bond acceptors (Lipinski definition) is 3. The van der Waals surface area contributed by atoms with Crippen LogP contribution in [0.2, 0.25) is 5.02 Å². The summed E-state index contributed by atoms with van der Waals surface area (Å²) in [5.41, 5.74) is 0.807. The molecule has 0 aliphatic rings. The van der Waals surface area contributed by atoms with Crippen molar-refractivity contribution in [2.75, 3.05) is 13.7 Å². The second-order valence-electron chi connectivity index (χ2n) is 3.69. The Morgan fingerprint density at radius 1 is 1.50 bits per heavy atom. The van der Waals surface area contributed by atoms with Gasteiger partial charge in [0.1, 0.15) is 5.75 Å². The van der Waals surface area contributed by atoms with Crippen molar-refractivity contribution in [2.45, 2.75) is 25.9 Å². The Morgan fingerprint density at radius 2 is 2.25 bits per heavy atom. The third kappa shape index (κ3) is 3.67. The van der Waals surface area contributed by atoms with Crippen LogP contribution in [-0.4, -0.2) is 24.9 Å². The van der Waals surface area contributed by atoms with Crippen molar-refractivity contribution < 1.29 is 9.84 Å². The maximum absolute atomic E-state index is 9.71. The molecule has 0 bridgehead atoms. The summed E-state index contributed by atoms with van der Waals surface area (Å²) >= 11 is 5.82. The Bertz CT molecular complexity index is 331. The minimum atomic E-state index is 0.156. The molecule has 0 aliphatic heterocycles. The third-order valence-corrected chi connectivity index (χ3v) is 2.82. The molecule has 1 unspecified atom stereocenters. The fraction of sp³-hybridized carbons (Fsp3) is 0.500. The summed E-state index contributed by atoms with van der Waals surface area (Å²) in [6, 6.07) is 5.65. The van der Waals surface area contributed by atoms with Gasteiger partial charge < -0.3 is 15.2 Å². The van der Waals surface area contributed by atoms with Gasteiger partial charge in [0.25, 0.3) is 0 Å². The lowest BCUT2D eigenvalue weighted by molar-refractivity contribution is 0.163. The summed E-state index contributed by atoms with van der Waals surface area (Å²) in [7, 11) is 1.68. The number of phenols is 1. The SMILES string of the molecule is CCC(COC)NCc1cccc(Cl)c1O. The molecule has 3 nitrogen and oxygen atoms in total. The lowest BCUT2D eigenvalue weighted by Gasteiger charge is -2.16. The van der Waals surface area contributed by atoms with Crippen molar-refractivity contribution in [1.29, 1.82) is 0 Å². The van der Waals surface area contributed by atoms with Crippen LogP contribution in [0.4, 0.5) is 0 Å². The number of phenolic OH excluding ortho intramolecular Hbond substituents is 1. The van der Waals surface area contributed by atoms with E-state index in [1.54, 1.807) is 13.2 Å². The number of methoxy groups -OCH3 is 1. The van der Waals surface area contributed by atoms with Gasteiger partial charge in [0, 0.05) is 25.3 Å². The third-order valence-electron chi connectivity index (χ3n) is 2.51. The van der Waals surface area contributed by atoms with Crippen LogP contribution in [0.25, 0.3) is 0 Å². The molecule has 0 fully saturated rings. The fourth-order valence-corrected chi connectivity index (χ4v) is 1.67. The largest absolute Gasteiger partial charge is 0.506 e. The molecule has 2 N–H and O–H groups in total. The quantitative estimate of drug-likeness (QED) is 0.807. The summed E-state index contributed by atoms with van der Waals surface area (Å²) in [5, 5.41) is 13.4. The first-order valence-electron chi connectivity index (χ1n) is 5.37. The van der Waals surface area contributed by atoms with Gasteiger partial charge in [-0.1, -0.05) is 30.7 Å². The van der Waals surface area contributed by atoms with E-state index in [1.807, 2.05) is 12.1 Å². The Morgan fingerprint density at radius 3 is 2.88 bits per heavy atom. The number of rotatable bonds is 6. The predicted octanol–water partition coefficient (Wildman–Crippen LogP) is 2.56. The number of hydrogen-bond donors (Lipinski definition) is 2. The van der Waals surface area contributed by atoms with Gasteiger partial charge in [0.15, 0.2) is 0 Å². The highest BCUT2D eigenvalue weighted by atomic mass is 35.5. The van der Waals surface area contributed by atoms with Crippen LogP contribution < -0.4 is 5.32 Å². The monoisotopic (exact) mass is 243 g/mol. The summed E-state index contributed by atoms with van der Waals surface area (Å²) in [6.07, 6.45) is 0.981. The van der Waals surface area contributed by atoms with E-state index in [1.165, 1.54) is 0 Å². The zero-order chi connectivity index (χ0) is 12.0. The van der Waals surface area contributed by atoms with Crippen LogP contribution in [0, 0.1) is 0 Å². The van der Waals surface area contributed by atoms with Crippen LogP contribution in [0.15, 0.2) is 18.2 Å². The first-order valence-corrected chi connectivity index (χ1v) is 5.75. The summed E-state index contributed by atoms with van der Waals surface area (Å²) in [4.78, 5) is 0. The molecule has 0 aromatic heterocycles. The predicted molar refractivity (Wildman–Crippen MR) is 65.9 cm³/mol. The minimum Gasteiger partial charge on any atom is -0.506 e. The van der Waals surface area contributed by atoms with Crippen LogP contribution in [-0.2, 0) is 11.3 Å². The average Bonchev–Trinajstić information content (AvgIpc) is 2.29. The Kier molecular flexibility index (Phi) is 5.60. The second-order valence-corrected chi connectivity index (χ2v) is 4.10. The summed E-state index contributed by atoms with van der Waals surface area (Å²) in [6.45, 7) is 3.35. The van der Waals surface area contributed by atoms with Crippen LogP contribution in [0.3, 0.4) is 0 Å². The van der Waals surface area contributed by atoms with Gasteiger partial charge in [0.05, 0.1) is 11.6 Å². The molecule has 1 atom stereocenters. The highest BCUT2D eigenvalue weighted by molar-refractivity contribution is 6.32. The van der Waals surface area contributed by atoms with Gasteiger partial charge in [-0.15, -0.1) is 0 Å². The molecule has 1 rings (SSSR count). The van der Waals surface area contributed by atoms with E-state index in [2.05, 4.69) is 12.2 Å². The van der Waals surface area contributed by atoms with Crippen LogP contribution >= 0.6 is 11.6 Å². The van der Waals surface area contributed by atoms with Gasteiger partial charge in [-0.2, -0.15) is 0 Å². The summed E-state index contributed by atoms with van der Waals surface area (Å²) in [5.74, 6) is 0.156. The Balaban J connectivity index is 2.56. The number of aromatic hydroxyl groups is 1. The van der Waals surface area contributed by atoms with Crippen LogP contribution in [0.5, 0.6) is 5.75 Å². The number of benzene rings is 1. The number of halogens is 1. The minimum absolute atomic E-state index is 0.156. The molecule has 1 aromatic carbocycles. The molecule has 0 heterocycles. The molecule has 0 amide bonds. The molecule has 0 saturated carbocycles. The van der Waals surface area contributed by atoms with Gasteiger partial charge in [0.2, 0.25) is 0 Å². The normalized spacial score (nSPS) is 12.7. The molecule has 16 heavy (non-hydrogen) atoms. The molecule has 90 valence electrons. The Labute approximate surface area is 101 Å². The number of para-hydroxylation sites is 1. The maximum atomic E-state index is 9.71. The summed E-state index contributed by atoms with van der Waals surface area (Å²) < 4.78 is 5.09.